The number of rotatable bonds is 3. The van der Waals surface area contributed by atoms with Gasteiger partial charge in [-0.25, -0.2) is 4.68 Å². The Kier molecular flexibility index (Phi) is 3.61. The molecule has 3 rings (SSSR count). The number of aromatic nitrogens is 2. The van der Waals surface area contributed by atoms with Gasteiger partial charge in [0, 0.05) is 5.39 Å². The molecule has 112 valence electrons. The van der Waals surface area contributed by atoms with E-state index in [0.717, 1.165) is 23.1 Å². The predicted octanol–water partition coefficient (Wildman–Crippen LogP) is 3.49. The first-order valence-corrected chi connectivity index (χ1v) is 6.93. The van der Waals surface area contributed by atoms with Gasteiger partial charge in [-0.3, -0.25) is 4.79 Å². The number of methoxy groups -OCH3 is 1. The quantitative estimate of drug-likeness (QED) is 0.814. The van der Waals surface area contributed by atoms with Gasteiger partial charge >= 0.3 is 12.5 Å². The molecule has 1 aliphatic carbocycles. The number of hydrogen-bond acceptors (Lipinski definition) is 3. The summed E-state index contributed by atoms with van der Waals surface area (Å²) >= 11 is 0. The van der Waals surface area contributed by atoms with Crippen LogP contribution in [0.25, 0.3) is 10.9 Å². The predicted molar refractivity (Wildman–Crippen MR) is 73.1 cm³/mol. The molecule has 0 bridgehead atoms. The second kappa shape index (κ2) is 5.42. The summed E-state index contributed by atoms with van der Waals surface area (Å²) in [6.45, 7) is -2.65. The Labute approximate surface area is 120 Å². The monoisotopic (exact) mass is 294 g/mol. The van der Waals surface area contributed by atoms with Crippen molar-refractivity contribution in [1.82, 2.24) is 9.78 Å². The molecule has 0 spiro atoms. The molecule has 4 nitrogen and oxygen atoms in total. The summed E-state index contributed by atoms with van der Waals surface area (Å²) in [4.78, 5) is 11.6. The van der Waals surface area contributed by atoms with Gasteiger partial charge in [0.25, 0.3) is 0 Å². The normalized spacial score (nSPS) is 22.1. The molecular formula is C15H16F2N2O2. The largest absolute Gasteiger partial charge is 0.469 e. The second-order valence-electron chi connectivity index (χ2n) is 5.42. The number of nitrogens with zero attached hydrogens (tertiary/aromatic N) is 2. The Morgan fingerprint density at radius 3 is 2.95 bits per heavy atom. The molecule has 1 aromatic heterocycles. The van der Waals surface area contributed by atoms with Crippen molar-refractivity contribution in [3.8, 4) is 0 Å². The van der Waals surface area contributed by atoms with Crippen LogP contribution in [-0.4, -0.2) is 22.9 Å². The molecule has 1 fully saturated rings. The van der Waals surface area contributed by atoms with Gasteiger partial charge in [0.15, 0.2) is 0 Å². The summed E-state index contributed by atoms with van der Waals surface area (Å²) < 4.78 is 31.3. The van der Waals surface area contributed by atoms with E-state index in [4.69, 9.17) is 4.74 Å². The zero-order valence-electron chi connectivity index (χ0n) is 11.6. The molecule has 21 heavy (non-hydrogen) atoms. The molecule has 2 atom stereocenters. The number of hydrogen-bond donors (Lipinski definition) is 0. The van der Waals surface area contributed by atoms with E-state index in [-0.39, 0.29) is 17.8 Å². The van der Waals surface area contributed by atoms with Crippen molar-refractivity contribution in [3.63, 3.8) is 0 Å². The molecule has 1 aromatic carbocycles. The van der Waals surface area contributed by atoms with E-state index in [1.165, 1.54) is 13.3 Å². The van der Waals surface area contributed by atoms with E-state index in [0.29, 0.717) is 17.3 Å². The van der Waals surface area contributed by atoms with Crippen molar-refractivity contribution in [3.05, 3.63) is 30.0 Å². The topological polar surface area (TPSA) is 44.1 Å². The molecule has 0 saturated heterocycles. The van der Waals surface area contributed by atoms with Gasteiger partial charge in [-0.2, -0.15) is 13.9 Å². The van der Waals surface area contributed by atoms with Crippen molar-refractivity contribution in [2.24, 2.45) is 5.92 Å². The van der Waals surface area contributed by atoms with Crippen molar-refractivity contribution >= 4 is 16.9 Å². The van der Waals surface area contributed by atoms with Crippen LogP contribution < -0.4 is 0 Å². The first kappa shape index (κ1) is 14.0. The second-order valence-corrected chi connectivity index (χ2v) is 5.42. The van der Waals surface area contributed by atoms with Crippen molar-refractivity contribution in [2.45, 2.75) is 31.7 Å². The molecule has 1 saturated carbocycles. The zero-order chi connectivity index (χ0) is 15.0. The van der Waals surface area contributed by atoms with Crippen LogP contribution in [0.15, 0.2) is 24.4 Å². The lowest BCUT2D eigenvalue weighted by Gasteiger charge is -2.11. The Morgan fingerprint density at radius 2 is 2.24 bits per heavy atom. The summed E-state index contributed by atoms with van der Waals surface area (Å²) in [5.41, 5.74) is 1.42. The summed E-state index contributed by atoms with van der Waals surface area (Å²) in [6, 6.07) is 5.50. The minimum Gasteiger partial charge on any atom is -0.469 e. The van der Waals surface area contributed by atoms with Gasteiger partial charge in [-0.05, 0) is 36.8 Å². The highest BCUT2D eigenvalue weighted by molar-refractivity contribution is 5.79. The fraction of sp³-hybridized carbons (Fsp3) is 0.467. The third kappa shape index (κ3) is 2.50. The molecule has 1 aliphatic rings. The SMILES string of the molecule is COC(=O)C1CCC(c2ccc3cnn(C(F)F)c3c2)C1. The first-order chi connectivity index (χ1) is 10.1. The average Bonchev–Trinajstić information content (AvgIpc) is 3.12. The fourth-order valence-corrected chi connectivity index (χ4v) is 3.13. The number of alkyl halides is 2. The molecule has 2 aromatic rings. The lowest BCUT2D eigenvalue weighted by atomic mass is 9.95. The Balaban J connectivity index is 1.88. The van der Waals surface area contributed by atoms with Gasteiger partial charge in [-0.15, -0.1) is 0 Å². The van der Waals surface area contributed by atoms with Gasteiger partial charge < -0.3 is 4.74 Å². The number of carbonyl (C=O) groups excluding carboxylic acids is 1. The lowest BCUT2D eigenvalue weighted by Crippen LogP contribution is -2.12. The Morgan fingerprint density at radius 1 is 1.43 bits per heavy atom. The van der Waals surface area contributed by atoms with Crippen LogP contribution in [-0.2, 0) is 9.53 Å². The van der Waals surface area contributed by atoms with Gasteiger partial charge in [0.1, 0.15) is 0 Å². The van der Waals surface area contributed by atoms with Crippen LogP contribution in [0.4, 0.5) is 8.78 Å². The van der Waals surface area contributed by atoms with Gasteiger partial charge in [-0.1, -0.05) is 12.1 Å². The summed E-state index contributed by atoms with van der Waals surface area (Å²) in [7, 11) is 1.39. The molecule has 0 N–H and O–H groups in total. The average molecular weight is 294 g/mol. The summed E-state index contributed by atoms with van der Waals surface area (Å²) in [5, 5.41) is 4.41. The third-order valence-electron chi connectivity index (χ3n) is 4.25. The highest BCUT2D eigenvalue weighted by atomic mass is 19.3. The van der Waals surface area contributed by atoms with E-state index < -0.39 is 6.55 Å². The number of halogens is 2. The molecule has 2 unspecified atom stereocenters. The van der Waals surface area contributed by atoms with Gasteiger partial charge in [0.2, 0.25) is 0 Å². The standard InChI is InChI=1S/C15H16F2N2O2/c1-21-14(20)11-4-2-9(6-11)10-3-5-12-8-18-19(15(16)17)13(12)7-10/h3,5,7-9,11,15H,2,4,6H2,1H3. The van der Waals surface area contributed by atoms with Crippen molar-refractivity contribution in [1.29, 1.82) is 0 Å². The number of esters is 1. The number of ether oxygens (including phenoxy) is 1. The van der Waals surface area contributed by atoms with Crippen molar-refractivity contribution < 1.29 is 18.3 Å². The molecule has 0 amide bonds. The maximum atomic E-state index is 12.9. The number of benzene rings is 1. The maximum Gasteiger partial charge on any atom is 0.333 e. The highest BCUT2D eigenvalue weighted by Gasteiger charge is 2.31. The fourth-order valence-electron chi connectivity index (χ4n) is 3.13. The Hall–Kier alpha value is -1.98. The molecule has 0 aliphatic heterocycles. The molecule has 1 heterocycles. The van der Waals surface area contributed by atoms with Crippen molar-refractivity contribution in [2.75, 3.05) is 7.11 Å². The van der Waals surface area contributed by atoms with E-state index in [2.05, 4.69) is 5.10 Å². The number of carbonyl (C=O) groups is 1. The highest BCUT2D eigenvalue weighted by Crippen LogP contribution is 2.39. The van der Waals surface area contributed by atoms with E-state index in [1.54, 1.807) is 6.07 Å². The van der Waals surface area contributed by atoms with Gasteiger partial charge in [0.05, 0.1) is 24.7 Å². The van der Waals surface area contributed by atoms with Crippen LogP contribution in [0.3, 0.4) is 0 Å². The van der Waals surface area contributed by atoms with E-state index >= 15 is 0 Å². The Bertz CT molecular complexity index is 669. The zero-order valence-corrected chi connectivity index (χ0v) is 11.6. The van der Waals surface area contributed by atoms with Crippen LogP contribution in [0, 0.1) is 5.92 Å². The minimum absolute atomic E-state index is 0.0873. The summed E-state index contributed by atoms with van der Waals surface area (Å²) in [6.07, 6.45) is 3.80. The van der Waals surface area contributed by atoms with Crippen LogP contribution in [0.1, 0.15) is 37.3 Å². The molecular weight excluding hydrogens is 278 g/mol. The van der Waals surface area contributed by atoms with E-state index in [9.17, 15) is 13.6 Å². The first-order valence-electron chi connectivity index (χ1n) is 6.93. The minimum atomic E-state index is -2.65. The smallest absolute Gasteiger partial charge is 0.333 e. The third-order valence-corrected chi connectivity index (χ3v) is 4.25. The maximum absolute atomic E-state index is 12.9. The molecule has 6 heteroatoms. The van der Waals surface area contributed by atoms with Crippen LogP contribution >= 0.6 is 0 Å². The summed E-state index contributed by atoms with van der Waals surface area (Å²) in [5.74, 6) is -0.0635. The number of fused-ring (bicyclic) bond motifs is 1. The van der Waals surface area contributed by atoms with E-state index in [1.807, 2.05) is 12.1 Å². The van der Waals surface area contributed by atoms with Crippen LogP contribution in [0.5, 0.6) is 0 Å². The van der Waals surface area contributed by atoms with Crippen LogP contribution in [0.2, 0.25) is 0 Å². The molecule has 0 radical (unpaired) electrons. The lowest BCUT2D eigenvalue weighted by molar-refractivity contribution is -0.145.